The second-order valence-electron chi connectivity index (χ2n) is 6.47. The highest BCUT2D eigenvalue weighted by molar-refractivity contribution is 7.93. The Labute approximate surface area is 174 Å². The minimum Gasteiger partial charge on any atom is -0.364 e. The molecule has 164 valence electrons. The highest BCUT2D eigenvalue weighted by Crippen LogP contribution is 2.37. The lowest BCUT2D eigenvalue weighted by Gasteiger charge is -2.32. The molecule has 0 radical (unpaired) electrons. The topological polar surface area (TPSA) is 133 Å². The lowest BCUT2D eigenvalue weighted by Crippen LogP contribution is -2.47. The van der Waals surface area contributed by atoms with E-state index in [1.165, 1.54) is 26.1 Å². The van der Waals surface area contributed by atoms with E-state index in [2.05, 4.69) is 0 Å². The van der Waals surface area contributed by atoms with Gasteiger partial charge in [0.1, 0.15) is 40.2 Å². The first-order chi connectivity index (χ1) is 14.2. The molecule has 1 amide bonds. The van der Waals surface area contributed by atoms with E-state index < -0.39 is 61.4 Å². The number of amides is 1. The van der Waals surface area contributed by atoms with Crippen molar-refractivity contribution in [3.8, 4) is 12.1 Å². The van der Waals surface area contributed by atoms with Crippen LogP contribution in [0.15, 0.2) is 23.1 Å². The molecule has 0 aliphatic heterocycles. The molecule has 31 heavy (non-hydrogen) atoms. The molecule has 13 heteroatoms. The predicted octanol–water partition coefficient (Wildman–Crippen LogP) is 2.46. The van der Waals surface area contributed by atoms with Crippen LogP contribution in [-0.4, -0.2) is 31.1 Å². The van der Waals surface area contributed by atoms with E-state index in [0.717, 1.165) is 10.6 Å². The third kappa shape index (κ3) is 3.92. The molecule has 2 N–H and O–H groups in total. The van der Waals surface area contributed by atoms with Gasteiger partial charge in [-0.1, -0.05) is 0 Å². The van der Waals surface area contributed by atoms with Crippen molar-refractivity contribution in [3.63, 3.8) is 0 Å². The minimum absolute atomic E-state index is 0.0682. The number of halogens is 4. The quantitative estimate of drug-likeness (QED) is 0.689. The Morgan fingerprint density at radius 3 is 2.29 bits per heavy atom. The van der Waals surface area contributed by atoms with Crippen LogP contribution < -0.4 is 10.0 Å². The largest absolute Gasteiger partial charge is 0.409 e. The molecular weight excluding hydrogens is 442 g/mol. The first-order valence-electron chi connectivity index (χ1n) is 8.40. The summed E-state index contributed by atoms with van der Waals surface area (Å²) in [6.07, 6.45) is -5.07. The number of aromatic nitrogens is 1. The summed E-state index contributed by atoms with van der Waals surface area (Å²) < 4.78 is 82.3. The van der Waals surface area contributed by atoms with Crippen molar-refractivity contribution >= 4 is 21.6 Å². The molecule has 0 saturated heterocycles. The monoisotopic (exact) mass is 457 g/mol. The van der Waals surface area contributed by atoms with Gasteiger partial charge in [0.2, 0.25) is 0 Å². The summed E-state index contributed by atoms with van der Waals surface area (Å²) >= 11 is 0. The molecule has 0 bridgehead atoms. The zero-order valence-corrected chi connectivity index (χ0v) is 17.1. The molecule has 0 spiro atoms. The number of sulfonamides is 1. The summed E-state index contributed by atoms with van der Waals surface area (Å²) in [6.45, 7) is 1.73. The normalized spacial score (nSPS) is 12.7. The van der Waals surface area contributed by atoms with Crippen LogP contribution in [0.25, 0.3) is 0 Å². The molecule has 1 aromatic carbocycles. The molecule has 0 aliphatic rings. The fourth-order valence-electron chi connectivity index (χ4n) is 3.02. The van der Waals surface area contributed by atoms with Gasteiger partial charge in [-0.3, -0.25) is 9.10 Å². The Bertz CT molecular complexity index is 1250. The van der Waals surface area contributed by atoms with Gasteiger partial charge in [-0.05, 0) is 32.0 Å². The standard InChI is InChI=1S/C18H15F4N5O3S/c1-9-16(13(8-24)15(17(25)28)26(9)3)31(29,30)27(10(2)18(20,21)22)12-4-5-14(19)11(6-12)7-23/h4-6,10H,1-3H3,(H2,25,28)/t10-/m1/s1. The van der Waals surface area contributed by atoms with Gasteiger partial charge < -0.3 is 10.3 Å². The van der Waals surface area contributed by atoms with Gasteiger partial charge in [0.05, 0.1) is 11.3 Å². The first-order valence-corrected chi connectivity index (χ1v) is 9.84. The Morgan fingerprint density at radius 1 is 1.26 bits per heavy atom. The number of hydrogen-bond acceptors (Lipinski definition) is 5. The van der Waals surface area contributed by atoms with Crippen LogP contribution in [0.4, 0.5) is 23.2 Å². The Morgan fingerprint density at radius 2 is 1.84 bits per heavy atom. The van der Waals surface area contributed by atoms with E-state index >= 15 is 0 Å². The predicted molar refractivity (Wildman–Crippen MR) is 99.7 cm³/mol. The molecule has 1 heterocycles. The van der Waals surface area contributed by atoms with Crippen LogP contribution in [0.5, 0.6) is 0 Å². The number of primary amides is 1. The molecule has 0 aliphatic carbocycles. The summed E-state index contributed by atoms with van der Waals surface area (Å²) in [7, 11) is -3.93. The summed E-state index contributed by atoms with van der Waals surface area (Å²) in [4.78, 5) is 10.9. The fourth-order valence-corrected chi connectivity index (χ4v) is 5.06. The number of nitriles is 2. The average molecular weight is 457 g/mol. The van der Waals surface area contributed by atoms with Crippen molar-refractivity contribution in [1.82, 2.24) is 4.57 Å². The molecule has 1 atom stereocenters. The van der Waals surface area contributed by atoms with Gasteiger partial charge in [0.15, 0.2) is 0 Å². The first kappa shape index (κ1) is 23.7. The number of benzene rings is 1. The number of rotatable bonds is 5. The van der Waals surface area contributed by atoms with Gasteiger partial charge in [0, 0.05) is 12.7 Å². The van der Waals surface area contributed by atoms with E-state index in [1.54, 1.807) is 0 Å². The van der Waals surface area contributed by atoms with E-state index in [0.29, 0.717) is 19.1 Å². The summed E-state index contributed by atoms with van der Waals surface area (Å²) in [5.74, 6) is -2.22. The molecular formula is C18H15F4N5O3S. The Balaban J connectivity index is 2.95. The third-order valence-corrected chi connectivity index (χ3v) is 6.70. The molecule has 1 aromatic heterocycles. The van der Waals surface area contributed by atoms with Crippen molar-refractivity contribution in [2.75, 3.05) is 4.31 Å². The average Bonchev–Trinajstić information content (AvgIpc) is 2.93. The number of alkyl halides is 3. The molecule has 0 saturated carbocycles. The van der Waals surface area contributed by atoms with Crippen molar-refractivity contribution in [2.24, 2.45) is 12.8 Å². The zero-order chi connectivity index (χ0) is 23.9. The van der Waals surface area contributed by atoms with Crippen molar-refractivity contribution in [1.29, 1.82) is 10.5 Å². The highest BCUT2D eigenvalue weighted by atomic mass is 32.2. The van der Waals surface area contributed by atoms with E-state index in [4.69, 9.17) is 11.0 Å². The van der Waals surface area contributed by atoms with Crippen molar-refractivity contribution in [2.45, 2.75) is 31.0 Å². The van der Waals surface area contributed by atoms with Crippen LogP contribution in [0, 0.1) is 35.4 Å². The van der Waals surface area contributed by atoms with Gasteiger partial charge in [-0.15, -0.1) is 0 Å². The second-order valence-corrected chi connectivity index (χ2v) is 8.22. The number of carbonyl (C=O) groups excluding carboxylic acids is 1. The summed E-state index contributed by atoms with van der Waals surface area (Å²) in [5.41, 5.74) is 2.42. The minimum atomic E-state index is -5.15. The van der Waals surface area contributed by atoms with E-state index in [9.17, 15) is 36.0 Å². The van der Waals surface area contributed by atoms with E-state index in [-0.39, 0.29) is 10.00 Å². The Kier molecular flexibility index (Phi) is 6.06. The molecule has 2 rings (SSSR count). The molecule has 0 unspecified atom stereocenters. The number of nitrogens with zero attached hydrogens (tertiary/aromatic N) is 4. The van der Waals surface area contributed by atoms with Gasteiger partial charge >= 0.3 is 6.18 Å². The van der Waals surface area contributed by atoms with Crippen molar-refractivity contribution in [3.05, 3.63) is 46.5 Å². The van der Waals surface area contributed by atoms with Crippen molar-refractivity contribution < 1.29 is 30.8 Å². The van der Waals surface area contributed by atoms with E-state index in [1.807, 2.05) is 0 Å². The fraction of sp³-hybridized carbons (Fsp3) is 0.278. The molecule has 2 aromatic rings. The van der Waals surface area contributed by atoms with Gasteiger partial charge in [-0.25, -0.2) is 12.8 Å². The zero-order valence-electron chi connectivity index (χ0n) is 16.3. The maximum absolute atomic E-state index is 13.7. The van der Waals surface area contributed by atoms with Crippen LogP contribution in [0.1, 0.15) is 34.2 Å². The van der Waals surface area contributed by atoms with Crippen LogP contribution in [0.3, 0.4) is 0 Å². The second kappa shape index (κ2) is 7.92. The SMILES string of the molecule is Cc1c(S(=O)(=O)N(c2ccc(F)c(C#N)c2)[C@H](C)C(F)(F)F)c(C#N)c(C(N)=O)n1C. The van der Waals surface area contributed by atoms with Gasteiger partial charge in [-0.2, -0.15) is 23.7 Å². The number of anilines is 1. The maximum Gasteiger partial charge on any atom is 0.409 e. The molecule has 8 nitrogen and oxygen atoms in total. The lowest BCUT2D eigenvalue weighted by atomic mass is 10.2. The maximum atomic E-state index is 13.7. The summed E-state index contributed by atoms with van der Waals surface area (Å²) in [5, 5.41) is 18.4. The summed E-state index contributed by atoms with van der Waals surface area (Å²) in [6, 6.07) is 2.32. The van der Waals surface area contributed by atoms with Crippen LogP contribution in [-0.2, 0) is 17.1 Å². The Hall–Kier alpha value is -3.58. The van der Waals surface area contributed by atoms with Crippen LogP contribution >= 0.6 is 0 Å². The smallest absolute Gasteiger partial charge is 0.364 e. The number of carbonyl (C=O) groups is 1. The van der Waals surface area contributed by atoms with Gasteiger partial charge in [0.25, 0.3) is 15.9 Å². The lowest BCUT2D eigenvalue weighted by molar-refractivity contribution is -0.141. The van der Waals surface area contributed by atoms with Crippen LogP contribution in [0.2, 0.25) is 0 Å². The third-order valence-electron chi connectivity index (χ3n) is 4.64. The number of nitrogens with two attached hydrogens (primary N) is 1. The highest BCUT2D eigenvalue weighted by Gasteiger charge is 2.47. The molecule has 0 fully saturated rings. The number of hydrogen-bond donors (Lipinski definition) is 1.